The van der Waals surface area contributed by atoms with E-state index in [0.29, 0.717) is 12.1 Å². The standard InChI is InChI=1S/C15H22ClNO/c1-10(2)17-13(9-15(3,4)18)8-11-7-12(16)5-6-14(11)17/h5-7,10,13,18H,8-9H2,1-4H3. The third kappa shape index (κ3) is 2.81. The monoisotopic (exact) mass is 267 g/mol. The zero-order valence-electron chi connectivity index (χ0n) is 11.6. The van der Waals surface area contributed by atoms with Crippen LogP contribution in [0.15, 0.2) is 18.2 Å². The lowest BCUT2D eigenvalue weighted by molar-refractivity contribution is 0.0629. The van der Waals surface area contributed by atoms with Crippen LogP contribution in [0.25, 0.3) is 0 Å². The van der Waals surface area contributed by atoms with Crippen LogP contribution in [0.4, 0.5) is 5.69 Å². The topological polar surface area (TPSA) is 23.5 Å². The quantitative estimate of drug-likeness (QED) is 0.904. The Balaban J connectivity index is 2.31. The number of hydrogen-bond acceptors (Lipinski definition) is 2. The van der Waals surface area contributed by atoms with Crippen LogP contribution in [0.2, 0.25) is 5.02 Å². The van der Waals surface area contributed by atoms with E-state index in [9.17, 15) is 5.11 Å². The van der Waals surface area contributed by atoms with Crippen molar-refractivity contribution in [2.24, 2.45) is 0 Å². The molecule has 3 heteroatoms. The van der Waals surface area contributed by atoms with E-state index in [-0.39, 0.29) is 0 Å². The van der Waals surface area contributed by atoms with Gasteiger partial charge in [0.2, 0.25) is 0 Å². The third-order valence-corrected chi connectivity index (χ3v) is 3.70. The molecule has 1 unspecified atom stereocenters. The number of anilines is 1. The number of aliphatic hydroxyl groups is 1. The van der Waals surface area contributed by atoms with Gasteiger partial charge in [0.15, 0.2) is 0 Å². The smallest absolute Gasteiger partial charge is 0.0611 e. The zero-order valence-corrected chi connectivity index (χ0v) is 12.3. The van der Waals surface area contributed by atoms with Crippen molar-refractivity contribution in [3.8, 4) is 0 Å². The van der Waals surface area contributed by atoms with Gasteiger partial charge in [-0.05, 0) is 64.3 Å². The minimum Gasteiger partial charge on any atom is -0.390 e. The molecule has 0 radical (unpaired) electrons. The molecule has 18 heavy (non-hydrogen) atoms. The second kappa shape index (κ2) is 4.75. The molecule has 0 aliphatic carbocycles. The van der Waals surface area contributed by atoms with Crippen LogP contribution in [-0.4, -0.2) is 22.8 Å². The molecule has 0 spiro atoms. The number of rotatable bonds is 3. The Morgan fingerprint density at radius 1 is 1.44 bits per heavy atom. The first-order valence-corrected chi connectivity index (χ1v) is 6.95. The van der Waals surface area contributed by atoms with Gasteiger partial charge in [-0.25, -0.2) is 0 Å². The number of fused-ring (bicyclic) bond motifs is 1. The molecule has 1 aliphatic rings. The predicted octanol–water partition coefficient (Wildman–Crippen LogP) is 3.64. The van der Waals surface area contributed by atoms with Crippen molar-refractivity contribution >= 4 is 17.3 Å². The summed E-state index contributed by atoms with van der Waals surface area (Å²) in [4.78, 5) is 2.41. The highest BCUT2D eigenvalue weighted by Gasteiger charge is 2.34. The molecule has 2 nitrogen and oxygen atoms in total. The number of benzene rings is 1. The largest absolute Gasteiger partial charge is 0.390 e. The molecule has 1 aliphatic heterocycles. The van der Waals surface area contributed by atoms with Gasteiger partial charge in [-0.3, -0.25) is 0 Å². The molecule has 1 N–H and O–H groups in total. The summed E-state index contributed by atoms with van der Waals surface area (Å²) in [6.07, 6.45) is 1.75. The second-order valence-corrected chi connectivity index (χ2v) is 6.58. The first-order chi connectivity index (χ1) is 8.28. The summed E-state index contributed by atoms with van der Waals surface area (Å²) in [6, 6.07) is 6.89. The zero-order chi connectivity index (χ0) is 13.5. The van der Waals surface area contributed by atoms with Crippen LogP contribution >= 0.6 is 11.6 Å². The van der Waals surface area contributed by atoms with E-state index >= 15 is 0 Å². The van der Waals surface area contributed by atoms with Crippen LogP contribution in [0.3, 0.4) is 0 Å². The van der Waals surface area contributed by atoms with Gasteiger partial charge >= 0.3 is 0 Å². The molecular weight excluding hydrogens is 246 g/mol. The van der Waals surface area contributed by atoms with E-state index in [1.165, 1.54) is 11.3 Å². The Labute approximate surface area is 115 Å². The fourth-order valence-electron chi connectivity index (χ4n) is 2.97. The second-order valence-electron chi connectivity index (χ2n) is 6.15. The summed E-state index contributed by atoms with van der Waals surface area (Å²) in [5.41, 5.74) is 1.93. The molecule has 2 rings (SSSR count). The van der Waals surface area contributed by atoms with E-state index in [1.54, 1.807) is 0 Å². The molecule has 1 aromatic carbocycles. The molecular formula is C15H22ClNO. The van der Waals surface area contributed by atoms with E-state index < -0.39 is 5.60 Å². The summed E-state index contributed by atoms with van der Waals surface area (Å²) in [5, 5.41) is 10.9. The molecule has 0 bridgehead atoms. The molecule has 1 atom stereocenters. The summed E-state index contributed by atoms with van der Waals surface area (Å²) in [6.45, 7) is 8.14. The summed E-state index contributed by atoms with van der Waals surface area (Å²) < 4.78 is 0. The minimum atomic E-state index is -0.635. The molecule has 1 heterocycles. The number of hydrogen-bond donors (Lipinski definition) is 1. The highest BCUT2D eigenvalue weighted by molar-refractivity contribution is 6.30. The summed E-state index contributed by atoms with van der Waals surface area (Å²) >= 11 is 6.06. The van der Waals surface area contributed by atoms with Crippen molar-refractivity contribution in [1.82, 2.24) is 0 Å². The molecule has 0 saturated carbocycles. The maximum Gasteiger partial charge on any atom is 0.0611 e. The van der Waals surface area contributed by atoms with Gasteiger partial charge in [-0.1, -0.05) is 11.6 Å². The molecule has 0 amide bonds. The molecule has 100 valence electrons. The van der Waals surface area contributed by atoms with E-state index in [4.69, 9.17) is 11.6 Å². The fraction of sp³-hybridized carbons (Fsp3) is 0.600. The average molecular weight is 268 g/mol. The molecule has 0 aromatic heterocycles. The summed E-state index contributed by atoms with van der Waals surface area (Å²) in [7, 11) is 0. The Bertz CT molecular complexity index is 437. The van der Waals surface area contributed by atoms with Crippen molar-refractivity contribution in [2.75, 3.05) is 4.90 Å². The third-order valence-electron chi connectivity index (χ3n) is 3.46. The lowest BCUT2D eigenvalue weighted by Gasteiger charge is -2.34. The average Bonchev–Trinajstić information content (AvgIpc) is 2.51. The van der Waals surface area contributed by atoms with Crippen molar-refractivity contribution < 1.29 is 5.11 Å². The predicted molar refractivity (Wildman–Crippen MR) is 77.5 cm³/mol. The van der Waals surface area contributed by atoms with Crippen LogP contribution in [-0.2, 0) is 6.42 Å². The fourth-order valence-corrected chi connectivity index (χ4v) is 3.16. The van der Waals surface area contributed by atoms with Crippen molar-refractivity contribution in [2.45, 2.75) is 58.2 Å². The van der Waals surface area contributed by atoms with Crippen LogP contribution in [0, 0.1) is 0 Å². The lowest BCUT2D eigenvalue weighted by atomic mass is 9.96. The lowest BCUT2D eigenvalue weighted by Crippen LogP contribution is -2.42. The normalized spacial score (nSPS) is 19.5. The van der Waals surface area contributed by atoms with Gasteiger partial charge < -0.3 is 10.0 Å². The SMILES string of the molecule is CC(C)N1c2ccc(Cl)cc2CC1CC(C)(C)O. The Kier molecular flexibility index (Phi) is 3.61. The highest BCUT2D eigenvalue weighted by Crippen LogP contribution is 2.38. The highest BCUT2D eigenvalue weighted by atomic mass is 35.5. The molecule has 0 saturated heterocycles. The van der Waals surface area contributed by atoms with Crippen LogP contribution in [0.1, 0.15) is 39.7 Å². The van der Waals surface area contributed by atoms with Crippen LogP contribution < -0.4 is 4.90 Å². The van der Waals surface area contributed by atoms with Gasteiger partial charge in [0.05, 0.1) is 5.60 Å². The van der Waals surface area contributed by atoms with E-state index in [2.05, 4.69) is 30.9 Å². The van der Waals surface area contributed by atoms with Gasteiger partial charge in [0, 0.05) is 22.8 Å². The Hall–Kier alpha value is -0.730. The maximum absolute atomic E-state index is 10.1. The van der Waals surface area contributed by atoms with E-state index in [0.717, 1.165) is 17.9 Å². The van der Waals surface area contributed by atoms with Crippen molar-refractivity contribution in [3.05, 3.63) is 28.8 Å². The van der Waals surface area contributed by atoms with Crippen LogP contribution in [0.5, 0.6) is 0 Å². The Morgan fingerprint density at radius 2 is 2.11 bits per heavy atom. The van der Waals surface area contributed by atoms with E-state index in [1.807, 2.05) is 19.9 Å². The van der Waals surface area contributed by atoms with Crippen molar-refractivity contribution in [3.63, 3.8) is 0 Å². The van der Waals surface area contributed by atoms with Gasteiger partial charge in [0.25, 0.3) is 0 Å². The Morgan fingerprint density at radius 3 is 2.67 bits per heavy atom. The van der Waals surface area contributed by atoms with Gasteiger partial charge in [-0.2, -0.15) is 0 Å². The number of halogens is 1. The summed E-state index contributed by atoms with van der Waals surface area (Å²) in [5.74, 6) is 0. The van der Waals surface area contributed by atoms with Gasteiger partial charge in [0.1, 0.15) is 0 Å². The first-order valence-electron chi connectivity index (χ1n) is 6.57. The maximum atomic E-state index is 10.1. The number of nitrogens with zero attached hydrogens (tertiary/aromatic N) is 1. The molecule has 1 aromatic rings. The first kappa shape index (κ1) is 13.7. The minimum absolute atomic E-state index is 0.360. The molecule has 0 fully saturated rings. The van der Waals surface area contributed by atoms with Gasteiger partial charge in [-0.15, -0.1) is 0 Å². The van der Waals surface area contributed by atoms with Crippen molar-refractivity contribution in [1.29, 1.82) is 0 Å².